The lowest BCUT2D eigenvalue weighted by molar-refractivity contribution is -0.115. The molecule has 0 atom stereocenters. The number of carbonyl (C=O) groups is 2. The first-order valence-electron chi connectivity index (χ1n) is 8.42. The van der Waals surface area contributed by atoms with Gasteiger partial charge in [-0.25, -0.2) is 0 Å². The van der Waals surface area contributed by atoms with Gasteiger partial charge in [-0.05, 0) is 54.2 Å². The second kappa shape index (κ2) is 7.51. The molecule has 0 aliphatic rings. The van der Waals surface area contributed by atoms with Crippen molar-refractivity contribution in [3.8, 4) is 0 Å². The number of anilines is 1. The van der Waals surface area contributed by atoms with Gasteiger partial charge in [0.15, 0.2) is 0 Å². The van der Waals surface area contributed by atoms with Gasteiger partial charge >= 0.3 is 0 Å². The van der Waals surface area contributed by atoms with Gasteiger partial charge in [0.05, 0.1) is 6.54 Å². The van der Waals surface area contributed by atoms with Crippen molar-refractivity contribution in [3.63, 3.8) is 0 Å². The van der Waals surface area contributed by atoms with E-state index in [-0.39, 0.29) is 23.8 Å². The molecule has 25 heavy (non-hydrogen) atoms. The summed E-state index contributed by atoms with van der Waals surface area (Å²) in [6.07, 6.45) is 0. The molecule has 0 aromatic heterocycles. The SMILES string of the molecule is Cc1ccc(C)c(NC(=O)CNC(=O)c2ccc(C(C)(C)C)cc2)c1. The average molecular weight is 338 g/mol. The summed E-state index contributed by atoms with van der Waals surface area (Å²) in [6, 6.07) is 13.3. The smallest absolute Gasteiger partial charge is 0.251 e. The van der Waals surface area contributed by atoms with E-state index >= 15 is 0 Å². The molecule has 2 amide bonds. The van der Waals surface area contributed by atoms with Crippen LogP contribution in [0.2, 0.25) is 0 Å². The van der Waals surface area contributed by atoms with E-state index in [4.69, 9.17) is 0 Å². The first-order chi connectivity index (χ1) is 11.7. The fourth-order valence-electron chi connectivity index (χ4n) is 2.45. The molecule has 4 heteroatoms. The summed E-state index contributed by atoms with van der Waals surface area (Å²) in [7, 11) is 0. The lowest BCUT2D eigenvalue weighted by Gasteiger charge is -2.19. The van der Waals surface area contributed by atoms with E-state index < -0.39 is 0 Å². The summed E-state index contributed by atoms with van der Waals surface area (Å²) in [5.74, 6) is -0.495. The molecule has 0 saturated carbocycles. The third kappa shape index (κ3) is 5.18. The maximum atomic E-state index is 12.2. The summed E-state index contributed by atoms with van der Waals surface area (Å²) >= 11 is 0. The van der Waals surface area contributed by atoms with Crippen molar-refractivity contribution in [1.29, 1.82) is 0 Å². The van der Waals surface area contributed by atoms with Crippen LogP contribution in [0.3, 0.4) is 0 Å². The Hall–Kier alpha value is -2.62. The minimum absolute atomic E-state index is 0.0422. The van der Waals surface area contributed by atoms with Gasteiger partial charge in [0, 0.05) is 11.3 Å². The van der Waals surface area contributed by atoms with Crippen molar-refractivity contribution >= 4 is 17.5 Å². The average Bonchev–Trinajstić information content (AvgIpc) is 2.55. The molecular formula is C21H26N2O2. The fourth-order valence-corrected chi connectivity index (χ4v) is 2.45. The molecule has 2 N–H and O–H groups in total. The fraction of sp³-hybridized carbons (Fsp3) is 0.333. The molecular weight excluding hydrogens is 312 g/mol. The van der Waals surface area contributed by atoms with Crippen molar-refractivity contribution in [2.24, 2.45) is 0 Å². The van der Waals surface area contributed by atoms with Crippen LogP contribution < -0.4 is 10.6 Å². The first-order valence-corrected chi connectivity index (χ1v) is 8.42. The van der Waals surface area contributed by atoms with Crippen LogP contribution in [0.15, 0.2) is 42.5 Å². The maximum Gasteiger partial charge on any atom is 0.251 e. The third-order valence-electron chi connectivity index (χ3n) is 4.09. The zero-order chi connectivity index (χ0) is 18.6. The molecule has 0 aliphatic heterocycles. The lowest BCUT2D eigenvalue weighted by atomic mass is 9.87. The molecule has 2 rings (SSSR count). The van der Waals surface area contributed by atoms with Crippen LogP contribution in [0.25, 0.3) is 0 Å². The number of benzene rings is 2. The second-order valence-electron chi connectivity index (χ2n) is 7.38. The van der Waals surface area contributed by atoms with Crippen LogP contribution in [0.5, 0.6) is 0 Å². The Bertz CT molecular complexity index is 771. The quantitative estimate of drug-likeness (QED) is 0.886. The molecule has 0 aliphatic carbocycles. The third-order valence-corrected chi connectivity index (χ3v) is 4.09. The van der Waals surface area contributed by atoms with Crippen molar-refractivity contribution < 1.29 is 9.59 Å². The molecule has 0 saturated heterocycles. The Morgan fingerprint density at radius 2 is 1.60 bits per heavy atom. The van der Waals surface area contributed by atoms with E-state index in [1.54, 1.807) is 12.1 Å². The van der Waals surface area contributed by atoms with Gasteiger partial charge < -0.3 is 10.6 Å². The Labute approximate surface area is 149 Å². The van der Waals surface area contributed by atoms with Crippen molar-refractivity contribution in [3.05, 3.63) is 64.7 Å². The van der Waals surface area contributed by atoms with Gasteiger partial charge in [-0.1, -0.05) is 45.0 Å². The molecule has 0 spiro atoms. The Morgan fingerprint density at radius 1 is 0.960 bits per heavy atom. The number of hydrogen-bond acceptors (Lipinski definition) is 2. The minimum atomic E-state index is -0.253. The number of rotatable bonds is 4. The summed E-state index contributed by atoms with van der Waals surface area (Å²) in [5, 5.41) is 5.49. The van der Waals surface area contributed by atoms with Crippen LogP contribution in [-0.2, 0) is 10.2 Å². The highest BCUT2D eigenvalue weighted by molar-refractivity contribution is 5.99. The largest absolute Gasteiger partial charge is 0.343 e. The van der Waals surface area contributed by atoms with E-state index in [2.05, 4.69) is 31.4 Å². The highest BCUT2D eigenvalue weighted by atomic mass is 16.2. The minimum Gasteiger partial charge on any atom is -0.343 e. The van der Waals surface area contributed by atoms with Gasteiger partial charge in [-0.15, -0.1) is 0 Å². The number of amides is 2. The highest BCUT2D eigenvalue weighted by Gasteiger charge is 2.14. The van der Waals surface area contributed by atoms with E-state index in [0.717, 1.165) is 22.4 Å². The maximum absolute atomic E-state index is 12.2. The van der Waals surface area contributed by atoms with E-state index in [0.29, 0.717) is 5.56 Å². The Kier molecular flexibility index (Phi) is 5.62. The number of carbonyl (C=O) groups excluding carboxylic acids is 2. The van der Waals surface area contributed by atoms with Gasteiger partial charge in [0.1, 0.15) is 0 Å². The summed E-state index contributed by atoms with van der Waals surface area (Å²) in [6.45, 7) is 10.2. The molecule has 0 fully saturated rings. The molecule has 0 unspecified atom stereocenters. The normalized spacial score (nSPS) is 11.1. The van der Waals surface area contributed by atoms with Crippen LogP contribution in [0.1, 0.15) is 47.8 Å². The number of nitrogens with one attached hydrogen (secondary N) is 2. The summed E-state index contributed by atoms with van der Waals surface area (Å²) in [5.41, 5.74) is 4.59. The monoisotopic (exact) mass is 338 g/mol. The number of hydrogen-bond donors (Lipinski definition) is 2. The zero-order valence-corrected chi connectivity index (χ0v) is 15.6. The van der Waals surface area contributed by atoms with Crippen LogP contribution >= 0.6 is 0 Å². The van der Waals surface area contributed by atoms with E-state index in [9.17, 15) is 9.59 Å². The molecule has 0 bridgehead atoms. The van der Waals surface area contributed by atoms with Crippen molar-refractivity contribution in [2.45, 2.75) is 40.0 Å². The van der Waals surface area contributed by atoms with Gasteiger partial charge in [0.2, 0.25) is 5.91 Å². The van der Waals surface area contributed by atoms with Crippen LogP contribution in [0, 0.1) is 13.8 Å². The number of aryl methyl sites for hydroxylation is 2. The van der Waals surface area contributed by atoms with Gasteiger partial charge in [-0.3, -0.25) is 9.59 Å². The lowest BCUT2D eigenvalue weighted by Crippen LogP contribution is -2.33. The first kappa shape index (κ1) is 18.7. The molecule has 2 aromatic rings. The van der Waals surface area contributed by atoms with E-state index in [1.165, 1.54) is 0 Å². The standard InChI is InChI=1S/C21H26N2O2/c1-14-6-7-15(2)18(12-14)23-19(24)13-22-20(25)16-8-10-17(11-9-16)21(3,4)5/h6-12H,13H2,1-5H3,(H,22,25)(H,23,24). The van der Waals surface area contributed by atoms with E-state index in [1.807, 2.05) is 44.2 Å². The zero-order valence-electron chi connectivity index (χ0n) is 15.6. The molecule has 0 radical (unpaired) electrons. The van der Waals surface area contributed by atoms with Gasteiger partial charge in [-0.2, -0.15) is 0 Å². The Balaban J connectivity index is 1.93. The summed E-state index contributed by atoms with van der Waals surface area (Å²) in [4.78, 5) is 24.3. The van der Waals surface area contributed by atoms with Gasteiger partial charge in [0.25, 0.3) is 5.91 Å². The summed E-state index contributed by atoms with van der Waals surface area (Å²) < 4.78 is 0. The topological polar surface area (TPSA) is 58.2 Å². The molecule has 2 aromatic carbocycles. The molecule has 4 nitrogen and oxygen atoms in total. The van der Waals surface area contributed by atoms with Crippen molar-refractivity contribution in [1.82, 2.24) is 5.32 Å². The molecule has 0 heterocycles. The van der Waals surface area contributed by atoms with Crippen LogP contribution in [-0.4, -0.2) is 18.4 Å². The second-order valence-corrected chi connectivity index (χ2v) is 7.38. The molecule has 132 valence electrons. The van der Waals surface area contributed by atoms with Crippen LogP contribution in [0.4, 0.5) is 5.69 Å². The highest BCUT2D eigenvalue weighted by Crippen LogP contribution is 2.22. The predicted molar refractivity (Wildman–Crippen MR) is 102 cm³/mol. The Morgan fingerprint density at radius 3 is 2.20 bits per heavy atom. The predicted octanol–water partition coefficient (Wildman–Crippen LogP) is 3.97. The van der Waals surface area contributed by atoms with Crippen molar-refractivity contribution in [2.75, 3.05) is 11.9 Å².